The first-order chi connectivity index (χ1) is 9.49. The molecular formula is C14H13BrN2O3. The number of hydrogen-bond donors (Lipinski definition) is 1. The third-order valence-corrected chi connectivity index (χ3v) is 4.06. The molecule has 2 rings (SSSR count). The molecule has 1 aromatic carbocycles. The Kier molecular flexibility index (Phi) is 4.34. The smallest absolute Gasteiger partial charge is 0.339 e. The molecule has 1 N–H and O–H groups in total. The summed E-state index contributed by atoms with van der Waals surface area (Å²) in [7, 11) is 0. The van der Waals surface area contributed by atoms with Crippen LogP contribution in [0.25, 0.3) is 0 Å². The number of nitrogens with zero attached hydrogens (tertiary/aromatic N) is 2. The molecule has 0 saturated carbocycles. The number of carboxylic acid groups (broad SMARTS) is 1. The molecule has 1 aromatic heterocycles. The van der Waals surface area contributed by atoms with Gasteiger partial charge in [-0.15, -0.1) is 0 Å². The van der Waals surface area contributed by atoms with Crippen LogP contribution in [0.1, 0.15) is 27.2 Å². The molecule has 1 heterocycles. The Bertz CT molecular complexity index is 636. The lowest BCUT2D eigenvalue weighted by Gasteiger charge is -2.10. The molecule has 0 bridgehead atoms. The van der Waals surface area contributed by atoms with Crippen LogP contribution in [-0.2, 0) is 6.61 Å². The summed E-state index contributed by atoms with van der Waals surface area (Å²) in [6.45, 7) is 4.03. The number of benzene rings is 1. The largest absolute Gasteiger partial charge is 0.487 e. The maximum Gasteiger partial charge on any atom is 0.339 e. The number of carbonyl (C=O) groups is 1. The summed E-state index contributed by atoms with van der Waals surface area (Å²) < 4.78 is 6.67. The minimum Gasteiger partial charge on any atom is -0.487 e. The fourth-order valence-corrected chi connectivity index (χ4v) is 2.02. The quantitative estimate of drug-likeness (QED) is 0.928. The lowest BCUT2D eigenvalue weighted by Crippen LogP contribution is -2.08. The van der Waals surface area contributed by atoms with Gasteiger partial charge in [0.15, 0.2) is 0 Å². The van der Waals surface area contributed by atoms with Crippen LogP contribution < -0.4 is 4.74 Å². The molecule has 0 saturated heterocycles. The molecule has 0 aliphatic heterocycles. The zero-order valence-corrected chi connectivity index (χ0v) is 12.6. The van der Waals surface area contributed by atoms with Crippen LogP contribution in [0.2, 0.25) is 0 Å². The van der Waals surface area contributed by atoms with E-state index >= 15 is 0 Å². The van der Waals surface area contributed by atoms with Crippen LogP contribution >= 0.6 is 15.9 Å². The highest BCUT2D eigenvalue weighted by Gasteiger charge is 2.12. The zero-order chi connectivity index (χ0) is 14.7. The molecule has 0 fully saturated rings. The average molecular weight is 337 g/mol. The molecule has 2 aromatic rings. The topological polar surface area (TPSA) is 72.3 Å². The van der Waals surface area contributed by atoms with E-state index in [1.54, 1.807) is 0 Å². The van der Waals surface area contributed by atoms with Crippen molar-refractivity contribution in [1.29, 1.82) is 0 Å². The second kappa shape index (κ2) is 6.00. The zero-order valence-electron chi connectivity index (χ0n) is 11.1. The van der Waals surface area contributed by atoms with E-state index in [2.05, 4.69) is 25.9 Å². The second-order valence-corrected chi connectivity index (χ2v) is 5.14. The van der Waals surface area contributed by atoms with Gasteiger partial charge in [-0.1, -0.05) is 15.9 Å². The van der Waals surface area contributed by atoms with Crippen molar-refractivity contribution in [2.24, 2.45) is 0 Å². The SMILES string of the molecule is Cc1cc(OCc2ncncc2C(=O)O)cc(C)c1Br. The first kappa shape index (κ1) is 14.5. The Morgan fingerprint density at radius 2 is 2.00 bits per heavy atom. The maximum atomic E-state index is 11.0. The number of carboxylic acids is 1. The van der Waals surface area contributed by atoms with E-state index in [-0.39, 0.29) is 12.2 Å². The van der Waals surface area contributed by atoms with Gasteiger partial charge in [0.2, 0.25) is 0 Å². The standard InChI is InChI=1S/C14H13BrN2O3/c1-8-3-10(4-9(2)13(8)15)20-6-12-11(14(18)19)5-16-7-17-12/h3-5,7H,6H2,1-2H3,(H,18,19). The summed E-state index contributed by atoms with van der Waals surface area (Å²) >= 11 is 3.49. The summed E-state index contributed by atoms with van der Waals surface area (Å²) in [4.78, 5) is 18.7. The lowest BCUT2D eigenvalue weighted by atomic mass is 10.1. The number of rotatable bonds is 4. The monoisotopic (exact) mass is 336 g/mol. The highest BCUT2D eigenvalue weighted by molar-refractivity contribution is 9.10. The molecule has 0 unspecified atom stereocenters. The summed E-state index contributed by atoms with van der Waals surface area (Å²) in [6, 6.07) is 3.78. The van der Waals surface area contributed by atoms with Gasteiger partial charge in [0.25, 0.3) is 0 Å². The van der Waals surface area contributed by atoms with E-state index in [1.807, 2.05) is 26.0 Å². The number of ether oxygens (including phenoxy) is 1. The molecule has 6 heteroatoms. The number of hydrogen-bond acceptors (Lipinski definition) is 4. The van der Waals surface area contributed by atoms with Crippen molar-refractivity contribution < 1.29 is 14.6 Å². The van der Waals surface area contributed by atoms with Gasteiger partial charge in [0.1, 0.15) is 24.2 Å². The average Bonchev–Trinajstić information content (AvgIpc) is 2.42. The van der Waals surface area contributed by atoms with Crippen LogP contribution in [0.5, 0.6) is 5.75 Å². The summed E-state index contributed by atoms with van der Waals surface area (Å²) in [5.41, 5.74) is 2.52. The van der Waals surface area contributed by atoms with Crippen molar-refractivity contribution in [2.75, 3.05) is 0 Å². The highest BCUT2D eigenvalue weighted by Crippen LogP contribution is 2.26. The highest BCUT2D eigenvalue weighted by atomic mass is 79.9. The molecule has 0 aliphatic carbocycles. The molecule has 0 atom stereocenters. The lowest BCUT2D eigenvalue weighted by molar-refractivity contribution is 0.0692. The van der Waals surface area contributed by atoms with Gasteiger partial charge in [-0.05, 0) is 37.1 Å². The fraction of sp³-hybridized carbons (Fsp3) is 0.214. The van der Waals surface area contributed by atoms with Gasteiger partial charge in [0.05, 0.1) is 5.69 Å². The first-order valence-electron chi connectivity index (χ1n) is 5.90. The van der Waals surface area contributed by atoms with E-state index < -0.39 is 5.97 Å². The van der Waals surface area contributed by atoms with Gasteiger partial charge in [-0.2, -0.15) is 0 Å². The van der Waals surface area contributed by atoms with Crippen molar-refractivity contribution in [1.82, 2.24) is 9.97 Å². The Labute approximate surface area is 124 Å². The van der Waals surface area contributed by atoms with Gasteiger partial charge in [-0.25, -0.2) is 14.8 Å². The van der Waals surface area contributed by atoms with E-state index in [0.29, 0.717) is 11.4 Å². The van der Waals surface area contributed by atoms with E-state index in [9.17, 15) is 4.79 Å². The molecule has 5 nitrogen and oxygen atoms in total. The molecule has 20 heavy (non-hydrogen) atoms. The predicted molar refractivity (Wildman–Crippen MR) is 76.9 cm³/mol. The Balaban J connectivity index is 2.19. The second-order valence-electron chi connectivity index (χ2n) is 4.35. The fourth-order valence-electron chi connectivity index (χ4n) is 1.79. The number of aromatic nitrogens is 2. The Morgan fingerprint density at radius 1 is 1.35 bits per heavy atom. The van der Waals surface area contributed by atoms with Crippen LogP contribution in [-0.4, -0.2) is 21.0 Å². The van der Waals surface area contributed by atoms with Crippen LogP contribution in [0.4, 0.5) is 0 Å². The molecule has 0 amide bonds. The Morgan fingerprint density at radius 3 is 2.60 bits per heavy atom. The van der Waals surface area contributed by atoms with Gasteiger partial charge < -0.3 is 9.84 Å². The molecule has 104 valence electrons. The van der Waals surface area contributed by atoms with Crippen molar-refractivity contribution in [3.63, 3.8) is 0 Å². The third-order valence-electron chi connectivity index (χ3n) is 2.81. The van der Waals surface area contributed by atoms with E-state index in [1.165, 1.54) is 12.5 Å². The van der Waals surface area contributed by atoms with E-state index in [0.717, 1.165) is 15.6 Å². The minimum absolute atomic E-state index is 0.0538. The van der Waals surface area contributed by atoms with Gasteiger partial charge in [0, 0.05) is 10.7 Å². The van der Waals surface area contributed by atoms with Crippen LogP contribution in [0, 0.1) is 13.8 Å². The number of aromatic carboxylic acids is 1. The predicted octanol–water partition coefficient (Wildman–Crippen LogP) is 3.13. The van der Waals surface area contributed by atoms with Crippen molar-refractivity contribution >= 4 is 21.9 Å². The molecule has 0 spiro atoms. The summed E-state index contributed by atoms with van der Waals surface area (Å²) in [5, 5.41) is 9.05. The summed E-state index contributed by atoms with van der Waals surface area (Å²) in [6.07, 6.45) is 2.58. The molecule has 0 aliphatic rings. The number of aryl methyl sites for hydroxylation is 2. The van der Waals surface area contributed by atoms with Crippen LogP contribution in [0.3, 0.4) is 0 Å². The summed E-state index contributed by atoms with van der Waals surface area (Å²) in [5.74, 6) is -0.384. The third kappa shape index (κ3) is 3.14. The van der Waals surface area contributed by atoms with Crippen molar-refractivity contribution in [3.05, 3.63) is 51.5 Å². The van der Waals surface area contributed by atoms with Crippen molar-refractivity contribution in [2.45, 2.75) is 20.5 Å². The van der Waals surface area contributed by atoms with E-state index in [4.69, 9.17) is 9.84 Å². The van der Waals surface area contributed by atoms with Crippen LogP contribution in [0.15, 0.2) is 29.1 Å². The van der Waals surface area contributed by atoms with Gasteiger partial charge >= 0.3 is 5.97 Å². The Hall–Kier alpha value is -1.95. The minimum atomic E-state index is -1.06. The maximum absolute atomic E-state index is 11.0. The van der Waals surface area contributed by atoms with Crippen molar-refractivity contribution in [3.8, 4) is 5.75 Å². The molecule has 0 radical (unpaired) electrons. The normalized spacial score (nSPS) is 10.3. The van der Waals surface area contributed by atoms with Gasteiger partial charge in [-0.3, -0.25) is 0 Å². The molecular weight excluding hydrogens is 324 g/mol. The first-order valence-corrected chi connectivity index (χ1v) is 6.70. The number of halogens is 1.